The number of aromatic nitrogens is 3. The minimum absolute atomic E-state index is 0.121. The van der Waals surface area contributed by atoms with Crippen molar-refractivity contribution in [2.45, 2.75) is 49.8 Å². The molecule has 1 aromatic carbocycles. The van der Waals surface area contributed by atoms with Crippen LogP contribution in [0.1, 0.15) is 18.4 Å². The van der Waals surface area contributed by atoms with Gasteiger partial charge in [0.25, 0.3) is 0 Å². The zero-order valence-electron chi connectivity index (χ0n) is 21.2. The standard InChI is InChI=1S/C22H31ClFN7O.C2HF3O2/c23-16-3-1-15(2-4-16)9-19-14-32-20(12-29-10-17(24)11-29)13-31(19)18-5-7-30(8-6-18)22-26-21(25)27-28-22;3-2(4,5)1(6)7/h1-4,17-20H,5-14H2,(H3,25,26,27,28);(H,6,7)/t19-,20-;/m0./s1. The zero-order chi connectivity index (χ0) is 28.2. The van der Waals surface area contributed by atoms with Crippen LogP contribution in [0.15, 0.2) is 24.3 Å². The Bertz CT molecular complexity index is 1080. The van der Waals surface area contributed by atoms with E-state index >= 15 is 0 Å². The molecule has 3 aliphatic rings. The summed E-state index contributed by atoms with van der Waals surface area (Å²) >= 11 is 6.08. The summed E-state index contributed by atoms with van der Waals surface area (Å²) < 4.78 is 51.3. The number of morpholine rings is 1. The van der Waals surface area contributed by atoms with Crippen LogP contribution in [-0.4, -0.2) is 112 Å². The number of alkyl halides is 4. The predicted molar refractivity (Wildman–Crippen MR) is 136 cm³/mol. The van der Waals surface area contributed by atoms with E-state index in [9.17, 15) is 17.6 Å². The number of anilines is 2. The van der Waals surface area contributed by atoms with Crippen molar-refractivity contribution in [2.75, 3.05) is 56.5 Å². The van der Waals surface area contributed by atoms with Crippen molar-refractivity contribution in [3.63, 3.8) is 0 Å². The summed E-state index contributed by atoms with van der Waals surface area (Å²) in [5, 5.41) is 15.9. The highest BCUT2D eigenvalue weighted by Gasteiger charge is 2.39. The maximum atomic E-state index is 13.3. The first-order valence-corrected chi connectivity index (χ1v) is 13.1. The molecular weight excluding hydrogens is 546 g/mol. The number of carboxylic acids is 1. The number of benzene rings is 1. The Hall–Kier alpha value is -2.68. The number of nitrogen functional groups attached to an aromatic ring is 1. The summed E-state index contributed by atoms with van der Waals surface area (Å²) in [5.41, 5.74) is 6.96. The maximum Gasteiger partial charge on any atom is 0.490 e. The molecule has 0 amide bonds. The number of aliphatic carboxylic acids is 1. The van der Waals surface area contributed by atoms with Gasteiger partial charge in [-0.1, -0.05) is 23.7 Å². The number of likely N-dealkylation sites (tertiary alicyclic amines) is 1. The number of hydrogen-bond donors (Lipinski definition) is 3. The Morgan fingerprint density at radius 1 is 1.15 bits per heavy atom. The third-order valence-corrected chi connectivity index (χ3v) is 7.39. The molecule has 0 bridgehead atoms. The summed E-state index contributed by atoms with van der Waals surface area (Å²) in [7, 11) is 0. The molecule has 0 aliphatic carbocycles. The van der Waals surface area contributed by atoms with Gasteiger partial charge >= 0.3 is 12.1 Å². The molecule has 1 aromatic heterocycles. The van der Waals surface area contributed by atoms with Crippen LogP contribution >= 0.6 is 11.6 Å². The molecule has 2 aromatic rings. The number of nitrogens with zero attached hydrogens (tertiary/aromatic N) is 5. The molecule has 5 rings (SSSR count). The molecule has 3 saturated heterocycles. The lowest BCUT2D eigenvalue weighted by Gasteiger charge is -2.48. The van der Waals surface area contributed by atoms with Gasteiger partial charge in [0.15, 0.2) is 0 Å². The van der Waals surface area contributed by atoms with Gasteiger partial charge < -0.3 is 20.5 Å². The quantitative estimate of drug-likeness (QED) is 0.445. The van der Waals surface area contributed by atoms with Crippen LogP contribution in [0.3, 0.4) is 0 Å². The molecule has 0 spiro atoms. The fraction of sp³-hybridized carbons (Fsp3) is 0.625. The highest BCUT2D eigenvalue weighted by molar-refractivity contribution is 6.30. The number of piperidine rings is 1. The number of halogens is 5. The van der Waals surface area contributed by atoms with Gasteiger partial charge in [-0.05, 0) is 37.0 Å². The molecule has 0 radical (unpaired) electrons. The van der Waals surface area contributed by atoms with E-state index in [1.54, 1.807) is 0 Å². The van der Waals surface area contributed by atoms with E-state index in [0.717, 1.165) is 56.4 Å². The van der Waals surface area contributed by atoms with Crippen LogP contribution in [0.25, 0.3) is 0 Å². The van der Waals surface area contributed by atoms with Gasteiger partial charge in [0.1, 0.15) is 6.17 Å². The van der Waals surface area contributed by atoms with Gasteiger partial charge in [0, 0.05) is 56.4 Å². The summed E-state index contributed by atoms with van der Waals surface area (Å²) in [6.45, 7) is 5.26. The van der Waals surface area contributed by atoms with E-state index in [1.807, 2.05) is 12.1 Å². The number of H-pyrrole nitrogens is 1. The Balaban J connectivity index is 0.000000448. The smallest absolute Gasteiger partial charge is 0.475 e. The van der Waals surface area contributed by atoms with E-state index in [0.29, 0.717) is 37.7 Å². The number of carboxylic acid groups (broad SMARTS) is 1. The number of nitrogens with two attached hydrogens (primary N) is 1. The Morgan fingerprint density at radius 3 is 2.33 bits per heavy atom. The van der Waals surface area contributed by atoms with Gasteiger partial charge in [-0.2, -0.15) is 13.2 Å². The van der Waals surface area contributed by atoms with E-state index < -0.39 is 18.3 Å². The highest BCUT2D eigenvalue weighted by atomic mass is 35.5. The second-order valence-corrected chi connectivity index (χ2v) is 10.4. The second-order valence-electron chi connectivity index (χ2n) is 10.0. The van der Waals surface area contributed by atoms with E-state index in [4.69, 9.17) is 32.0 Å². The zero-order valence-corrected chi connectivity index (χ0v) is 21.9. The summed E-state index contributed by atoms with van der Waals surface area (Å²) in [6.07, 6.45) is -2.63. The fourth-order valence-electron chi connectivity index (χ4n) is 5.17. The molecule has 0 unspecified atom stereocenters. The lowest BCUT2D eigenvalue weighted by atomic mass is 9.96. The van der Waals surface area contributed by atoms with Crippen molar-refractivity contribution in [1.82, 2.24) is 25.0 Å². The number of carbonyl (C=O) groups is 1. The first kappa shape index (κ1) is 29.3. The van der Waals surface area contributed by atoms with E-state index in [1.165, 1.54) is 5.56 Å². The lowest BCUT2D eigenvalue weighted by Crippen LogP contribution is -2.60. The third kappa shape index (κ3) is 8.16. The number of rotatable bonds is 6. The summed E-state index contributed by atoms with van der Waals surface area (Å²) in [6, 6.07) is 8.89. The minimum Gasteiger partial charge on any atom is -0.475 e. The Kier molecular flexibility index (Phi) is 9.51. The molecule has 3 fully saturated rings. The Labute approximate surface area is 228 Å². The second kappa shape index (κ2) is 12.7. The monoisotopic (exact) mass is 577 g/mol. The van der Waals surface area contributed by atoms with Crippen LogP contribution in [0, 0.1) is 0 Å². The van der Waals surface area contributed by atoms with Crippen LogP contribution in [0.4, 0.5) is 29.5 Å². The largest absolute Gasteiger partial charge is 0.490 e. The number of ether oxygens (including phenoxy) is 1. The average molecular weight is 578 g/mol. The molecule has 39 heavy (non-hydrogen) atoms. The van der Waals surface area contributed by atoms with Crippen LogP contribution < -0.4 is 10.6 Å². The topological polar surface area (TPSA) is 124 Å². The average Bonchev–Trinajstić information content (AvgIpc) is 3.31. The van der Waals surface area contributed by atoms with Crippen molar-refractivity contribution in [2.24, 2.45) is 0 Å². The Morgan fingerprint density at radius 2 is 1.79 bits per heavy atom. The molecule has 0 saturated carbocycles. The van der Waals surface area contributed by atoms with Crippen LogP contribution in [-0.2, 0) is 16.0 Å². The number of nitrogens with one attached hydrogen (secondary N) is 1. The molecule has 4 heterocycles. The molecule has 10 nitrogen and oxygen atoms in total. The predicted octanol–water partition coefficient (Wildman–Crippen LogP) is 2.61. The van der Waals surface area contributed by atoms with Gasteiger partial charge in [0.2, 0.25) is 11.9 Å². The van der Waals surface area contributed by atoms with Crippen LogP contribution in [0.5, 0.6) is 0 Å². The number of hydrogen-bond acceptors (Lipinski definition) is 8. The molecule has 15 heteroatoms. The van der Waals surface area contributed by atoms with Crippen molar-refractivity contribution in [1.29, 1.82) is 0 Å². The fourth-order valence-corrected chi connectivity index (χ4v) is 5.29. The maximum absolute atomic E-state index is 13.3. The van der Waals surface area contributed by atoms with Gasteiger partial charge in [0.05, 0.1) is 12.7 Å². The molecule has 3 aliphatic heterocycles. The normalized spacial score (nSPS) is 23.7. The van der Waals surface area contributed by atoms with Gasteiger partial charge in [-0.25, -0.2) is 9.18 Å². The van der Waals surface area contributed by atoms with E-state index in [-0.39, 0.29) is 6.10 Å². The molecular formula is C24H32ClF4N7O3. The molecule has 4 N–H and O–H groups in total. The van der Waals surface area contributed by atoms with Crippen molar-refractivity contribution >= 4 is 29.5 Å². The highest BCUT2D eigenvalue weighted by Crippen LogP contribution is 2.27. The molecule has 2 atom stereocenters. The first-order chi connectivity index (χ1) is 18.5. The lowest BCUT2D eigenvalue weighted by molar-refractivity contribution is -0.192. The minimum atomic E-state index is -5.08. The summed E-state index contributed by atoms with van der Waals surface area (Å²) in [5.74, 6) is -1.66. The van der Waals surface area contributed by atoms with Crippen molar-refractivity contribution in [3.8, 4) is 0 Å². The van der Waals surface area contributed by atoms with Gasteiger partial charge in [-0.3, -0.25) is 14.8 Å². The third-order valence-electron chi connectivity index (χ3n) is 7.13. The van der Waals surface area contributed by atoms with Crippen molar-refractivity contribution < 1.29 is 32.2 Å². The summed E-state index contributed by atoms with van der Waals surface area (Å²) in [4.78, 5) is 18.9. The molecule has 216 valence electrons. The van der Waals surface area contributed by atoms with Crippen molar-refractivity contribution in [3.05, 3.63) is 34.9 Å². The van der Waals surface area contributed by atoms with Gasteiger partial charge in [-0.15, -0.1) is 10.2 Å². The SMILES string of the molecule is Nc1nnc(N2CCC(N3C[C@H](CN4CC(F)C4)OC[C@@H]3Cc3ccc(Cl)cc3)CC2)[nH]1.O=C(O)C(F)(F)F. The first-order valence-electron chi connectivity index (χ1n) is 12.7. The number of aromatic amines is 1. The van der Waals surface area contributed by atoms with E-state index in [2.05, 4.69) is 42.0 Å². The van der Waals surface area contributed by atoms with Crippen LogP contribution in [0.2, 0.25) is 5.02 Å².